The lowest BCUT2D eigenvalue weighted by Gasteiger charge is -2.17. The van der Waals surface area contributed by atoms with Crippen LogP contribution in [0.5, 0.6) is 0 Å². The van der Waals surface area contributed by atoms with Gasteiger partial charge in [-0.05, 0) is 30.2 Å². The summed E-state index contributed by atoms with van der Waals surface area (Å²) in [7, 11) is 1.75. The Kier molecular flexibility index (Phi) is 6.29. The number of hydrogen-bond donors (Lipinski definition) is 2. The van der Waals surface area contributed by atoms with E-state index in [1.54, 1.807) is 36.2 Å². The van der Waals surface area contributed by atoms with E-state index in [0.717, 1.165) is 24.5 Å². The highest BCUT2D eigenvalue weighted by Crippen LogP contribution is 2.12. The number of unbranched alkanes of at least 4 members (excludes halogenated alkanes) is 1. The van der Waals surface area contributed by atoms with Crippen LogP contribution in [0.2, 0.25) is 0 Å². The minimum absolute atomic E-state index is 0.169. The lowest BCUT2D eigenvalue weighted by molar-refractivity contribution is -0.131. The number of carboxylic acids is 1. The summed E-state index contributed by atoms with van der Waals surface area (Å²) in [6, 6.07) is 6.87. The molecule has 0 bridgehead atoms. The Morgan fingerprint density at radius 2 is 2.15 bits per heavy atom. The normalized spacial score (nSPS) is 10.5. The lowest BCUT2D eigenvalue weighted by atomic mass is 10.2. The van der Waals surface area contributed by atoms with Gasteiger partial charge in [-0.2, -0.15) is 0 Å². The Morgan fingerprint density at radius 3 is 2.80 bits per heavy atom. The molecule has 0 aromatic heterocycles. The molecule has 2 N–H and O–H groups in total. The summed E-state index contributed by atoms with van der Waals surface area (Å²) in [5.41, 5.74) is 1.37. The summed E-state index contributed by atoms with van der Waals surface area (Å²) in [5.74, 6) is -1.00. The van der Waals surface area contributed by atoms with Gasteiger partial charge in [0.2, 0.25) is 0 Å². The van der Waals surface area contributed by atoms with Crippen molar-refractivity contribution in [3.05, 3.63) is 35.9 Å². The number of nitrogens with zero attached hydrogens (tertiary/aromatic N) is 1. The van der Waals surface area contributed by atoms with Crippen LogP contribution in [-0.4, -0.2) is 35.6 Å². The maximum atomic E-state index is 11.9. The molecular weight excluding hydrogens is 256 g/mol. The zero-order valence-electron chi connectivity index (χ0n) is 11.8. The van der Waals surface area contributed by atoms with E-state index in [2.05, 4.69) is 12.2 Å². The average molecular weight is 276 g/mol. The molecule has 0 aliphatic rings. The van der Waals surface area contributed by atoms with Gasteiger partial charge in [-0.1, -0.05) is 25.5 Å². The molecular formula is C15H20N2O3. The van der Waals surface area contributed by atoms with Crippen molar-refractivity contribution in [2.24, 2.45) is 0 Å². The number of carbonyl (C=O) groups excluding carboxylic acids is 1. The molecule has 108 valence electrons. The van der Waals surface area contributed by atoms with Crippen molar-refractivity contribution in [3.8, 4) is 0 Å². The van der Waals surface area contributed by atoms with E-state index in [1.807, 2.05) is 0 Å². The van der Waals surface area contributed by atoms with Crippen LogP contribution < -0.4 is 5.32 Å². The molecule has 0 aliphatic heterocycles. The first kappa shape index (κ1) is 15.8. The molecule has 1 aromatic rings. The van der Waals surface area contributed by atoms with E-state index in [0.29, 0.717) is 12.2 Å². The second-order valence-electron chi connectivity index (χ2n) is 4.50. The first-order valence-corrected chi connectivity index (χ1v) is 6.56. The predicted octanol–water partition coefficient (Wildman–Crippen LogP) is 3.05. The van der Waals surface area contributed by atoms with Crippen molar-refractivity contribution in [2.75, 3.05) is 18.9 Å². The van der Waals surface area contributed by atoms with Crippen LogP contribution in [0, 0.1) is 0 Å². The van der Waals surface area contributed by atoms with Gasteiger partial charge in [0.15, 0.2) is 0 Å². The summed E-state index contributed by atoms with van der Waals surface area (Å²) in [6.45, 7) is 2.78. The SMILES string of the molecule is CCCCN(C)C(=O)Nc1cccc(/C=C/C(=O)O)c1. The number of anilines is 1. The summed E-state index contributed by atoms with van der Waals surface area (Å²) in [4.78, 5) is 24.0. The zero-order valence-corrected chi connectivity index (χ0v) is 11.8. The van der Waals surface area contributed by atoms with Crippen LogP contribution in [0.15, 0.2) is 30.3 Å². The van der Waals surface area contributed by atoms with Gasteiger partial charge in [0.05, 0.1) is 0 Å². The predicted molar refractivity (Wildman–Crippen MR) is 79.7 cm³/mol. The molecule has 0 spiro atoms. The molecule has 0 radical (unpaired) electrons. The van der Waals surface area contributed by atoms with Gasteiger partial charge in [-0.25, -0.2) is 9.59 Å². The van der Waals surface area contributed by atoms with E-state index < -0.39 is 5.97 Å². The fraction of sp³-hybridized carbons (Fsp3) is 0.333. The highest BCUT2D eigenvalue weighted by atomic mass is 16.4. The van der Waals surface area contributed by atoms with Crippen LogP contribution >= 0.6 is 0 Å². The molecule has 0 atom stereocenters. The van der Waals surface area contributed by atoms with Gasteiger partial charge >= 0.3 is 12.0 Å². The number of carbonyl (C=O) groups is 2. The van der Waals surface area contributed by atoms with E-state index >= 15 is 0 Å². The number of rotatable bonds is 6. The van der Waals surface area contributed by atoms with Crippen molar-refractivity contribution < 1.29 is 14.7 Å². The second kappa shape index (κ2) is 7.99. The molecule has 1 aromatic carbocycles. The maximum absolute atomic E-state index is 11.9. The molecule has 0 unspecified atom stereocenters. The number of nitrogens with one attached hydrogen (secondary N) is 1. The van der Waals surface area contributed by atoms with Gasteiger partial charge < -0.3 is 15.3 Å². The molecule has 0 heterocycles. The number of amides is 2. The quantitative estimate of drug-likeness (QED) is 0.784. The van der Waals surface area contributed by atoms with Crippen molar-refractivity contribution in [1.82, 2.24) is 4.90 Å². The summed E-state index contributed by atoms with van der Waals surface area (Å²) in [5, 5.41) is 11.4. The van der Waals surface area contributed by atoms with Gasteiger partial charge in [-0.3, -0.25) is 0 Å². The average Bonchev–Trinajstić information content (AvgIpc) is 2.42. The third-order valence-corrected chi connectivity index (χ3v) is 2.75. The molecule has 0 fully saturated rings. The number of benzene rings is 1. The van der Waals surface area contributed by atoms with Crippen LogP contribution in [0.3, 0.4) is 0 Å². The number of urea groups is 1. The van der Waals surface area contributed by atoms with Crippen molar-refractivity contribution in [2.45, 2.75) is 19.8 Å². The number of aliphatic carboxylic acids is 1. The first-order valence-electron chi connectivity index (χ1n) is 6.56. The molecule has 0 saturated carbocycles. The molecule has 0 aliphatic carbocycles. The van der Waals surface area contributed by atoms with Crippen molar-refractivity contribution in [1.29, 1.82) is 0 Å². The number of hydrogen-bond acceptors (Lipinski definition) is 2. The van der Waals surface area contributed by atoms with E-state index in [1.165, 1.54) is 6.08 Å². The highest BCUT2D eigenvalue weighted by molar-refractivity contribution is 5.90. The van der Waals surface area contributed by atoms with Crippen LogP contribution in [0.4, 0.5) is 10.5 Å². The molecule has 5 nitrogen and oxygen atoms in total. The van der Waals surface area contributed by atoms with E-state index in [-0.39, 0.29) is 6.03 Å². The monoisotopic (exact) mass is 276 g/mol. The third kappa shape index (κ3) is 5.56. The van der Waals surface area contributed by atoms with Gasteiger partial charge in [0, 0.05) is 25.4 Å². The fourth-order valence-corrected chi connectivity index (χ4v) is 1.60. The number of carboxylic acid groups (broad SMARTS) is 1. The van der Waals surface area contributed by atoms with Crippen LogP contribution in [0.25, 0.3) is 6.08 Å². The molecule has 20 heavy (non-hydrogen) atoms. The highest BCUT2D eigenvalue weighted by Gasteiger charge is 2.07. The Morgan fingerprint density at radius 1 is 1.40 bits per heavy atom. The van der Waals surface area contributed by atoms with Gasteiger partial charge in [0.25, 0.3) is 0 Å². The Balaban J connectivity index is 2.66. The smallest absolute Gasteiger partial charge is 0.328 e. The first-order chi connectivity index (χ1) is 9.52. The molecule has 5 heteroatoms. The Bertz CT molecular complexity index is 498. The van der Waals surface area contributed by atoms with Crippen molar-refractivity contribution in [3.63, 3.8) is 0 Å². The van der Waals surface area contributed by atoms with E-state index in [9.17, 15) is 9.59 Å². The lowest BCUT2D eigenvalue weighted by Crippen LogP contribution is -2.32. The van der Waals surface area contributed by atoms with Crippen LogP contribution in [0.1, 0.15) is 25.3 Å². The Labute approximate surface area is 118 Å². The fourth-order valence-electron chi connectivity index (χ4n) is 1.60. The van der Waals surface area contributed by atoms with Gasteiger partial charge in [-0.15, -0.1) is 0 Å². The van der Waals surface area contributed by atoms with Crippen LogP contribution in [-0.2, 0) is 4.79 Å². The standard InChI is InChI=1S/C15H20N2O3/c1-3-4-10-17(2)15(20)16-13-7-5-6-12(11-13)8-9-14(18)19/h5-9,11H,3-4,10H2,1-2H3,(H,16,20)(H,18,19)/b9-8+. The molecule has 1 rings (SSSR count). The molecule has 2 amide bonds. The summed E-state index contributed by atoms with van der Waals surface area (Å²) < 4.78 is 0. The minimum atomic E-state index is -1.00. The summed E-state index contributed by atoms with van der Waals surface area (Å²) in [6.07, 6.45) is 4.55. The summed E-state index contributed by atoms with van der Waals surface area (Å²) >= 11 is 0. The van der Waals surface area contributed by atoms with Crippen molar-refractivity contribution >= 4 is 23.8 Å². The van der Waals surface area contributed by atoms with E-state index in [4.69, 9.17) is 5.11 Å². The zero-order chi connectivity index (χ0) is 15.0. The minimum Gasteiger partial charge on any atom is -0.478 e. The Hall–Kier alpha value is -2.30. The maximum Gasteiger partial charge on any atom is 0.328 e. The molecule has 0 saturated heterocycles. The largest absolute Gasteiger partial charge is 0.478 e. The van der Waals surface area contributed by atoms with Gasteiger partial charge in [0.1, 0.15) is 0 Å². The topological polar surface area (TPSA) is 69.6 Å². The third-order valence-electron chi connectivity index (χ3n) is 2.75. The second-order valence-corrected chi connectivity index (χ2v) is 4.50.